The summed E-state index contributed by atoms with van der Waals surface area (Å²) in [5, 5.41) is 16.8. The van der Waals surface area contributed by atoms with Gasteiger partial charge in [-0.25, -0.2) is 14.4 Å². The molecule has 0 aliphatic carbocycles. The molecule has 1 aromatic rings. The number of nitrogens with one attached hydrogen (secondary N) is 3. The van der Waals surface area contributed by atoms with Crippen LogP contribution in [0.3, 0.4) is 0 Å². The number of carbonyl (C=O) groups excluding carboxylic acids is 3. The van der Waals surface area contributed by atoms with Gasteiger partial charge in [0.05, 0.1) is 0 Å². The highest BCUT2D eigenvalue weighted by Crippen LogP contribution is 2.13. The molecule has 0 aromatic heterocycles. The van der Waals surface area contributed by atoms with E-state index >= 15 is 0 Å². The molecule has 0 fully saturated rings. The second-order valence-electron chi connectivity index (χ2n) is 8.36. The van der Waals surface area contributed by atoms with Crippen LogP contribution >= 0.6 is 0 Å². The summed E-state index contributed by atoms with van der Waals surface area (Å²) in [7, 11) is -1.80. The Morgan fingerprint density at radius 1 is 1.06 bits per heavy atom. The van der Waals surface area contributed by atoms with Crippen molar-refractivity contribution in [1.29, 1.82) is 0 Å². The molecular formula is C20H32N4O6Si. The van der Waals surface area contributed by atoms with Crippen molar-refractivity contribution in [1.82, 2.24) is 16.0 Å². The molecule has 0 saturated carbocycles. The number of ether oxygens (including phenoxy) is 1. The third kappa shape index (κ3) is 11.6. The molecule has 0 saturated heterocycles. The first-order valence-electron chi connectivity index (χ1n) is 10.0. The van der Waals surface area contributed by atoms with Gasteiger partial charge >= 0.3 is 18.1 Å². The van der Waals surface area contributed by atoms with Gasteiger partial charge in [0, 0.05) is 14.6 Å². The highest BCUT2D eigenvalue weighted by atomic mass is 28.3. The second kappa shape index (κ2) is 12.6. The van der Waals surface area contributed by atoms with Crippen molar-refractivity contribution >= 4 is 32.1 Å². The minimum atomic E-state index is -1.80. The van der Waals surface area contributed by atoms with Gasteiger partial charge in [-0.3, -0.25) is 4.79 Å². The molecule has 11 heteroatoms. The molecule has 4 amide bonds. The lowest BCUT2D eigenvalue weighted by Crippen LogP contribution is -2.53. The van der Waals surface area contributed by atoms with E-state index in [-0.39, 0.29) is 19.6 Å². The van der Waals surface area contributed by atoms with Crippen molar-refractivity contribution in [2.45, 2.75) is 57.2 Å². The van der Waals surface area contributed by atoms with Crippen LogP contribution in [-0.4, -0.2) is 55.8 Å². The van der Waals surface area contributed by atoms with Gasteiger partial charge in [0.1, 0.15) is 18.7 Å². The van der Waals surface area contributed by atoms with E-state index < -0.39 is 44.2 Å². The molecule has 1 rings (SSSR count). The van der Waals surface area contributed by atoms with Gasteiger partial charge in [-0.2, -0.15) is 0 Å². The summed E-state index contributed by atoms with van der Waals surface area (Å²) in [6, 6.07) is 6.74. The molecule has 1 aromatic carbocycles. The first-order chi connectivity index (χ1) is 14.5. The summed E-state index contributed by atoms with van der Waals surface area (Å²) in [6.45, 7) is 6.35. The zero-order valence-electron chi connectivity index (χ0n) is 18.1. The fourth-order valence-corrected chi connectivity index (χ4v) is 4.29. The standard InChI is InChI=1S/C20H32N4O6Si/c1-31(2,3)13-16(24-20(29)30-12-14-8-5-4-6-9-14)17(25)23-15(18(26)27)10-7-11-22-19(21)28/h4-6,8-9,15-16H,7,10-13H2,1-3H3,(H,23,25)(H,24,29)(H,26,27)(H3,21,22,28)/t15-,16?/m0/s1. The van der Waals surface area contributed by atoms with Crippen molar-refractivity contribution in [2.75, 3.05) is 6.54 Å². The topological polar surface area (TPSA) is 160 Å². The average molecular weight is 453 g/mol. The Hall–Kier alpha value is -3.08. The minimum Gasteiger partial charge on any atom is -0.480 e. The minimum absolute atomic E-state index is 0.0541. The Morgan fingerprint density at radius 3 is 2.26 bits per heavy atom. The van der Waals surface area contributed by atoms with E-state index in [1.807, 2.05) is 50.0 Å². The highest BCUT2D eigenvalue weighted by molar-refractivity contribution is 6.76. The molecule has 1 unspecified atom stereocenters. The summed E-state index contributed by atoms with van der Waals surface area (Å²) in [5.41, 5.74) is 5.78. The SMILES string of the molecule is C[Si](C)(C)CC(NC(=O)OCc1ccccc1)C(=O)N[C@@H](CCCNC(N)=O)C(=O)O. The Labute approximate surface area is 182 Å². The number of carboxylic acid groups (broad SMARTS) is 1. The maximum Gasteiger partial charge on any atom is 0.408 e. The number of aliphatic carboxylic acids is 1. The third-order valence-electron chi connectivity index (χ3n) is 4.22. The number of hydrogen-bond donors (Lipinski definition) is 5. The molecular weight excluding hydrogens is 420 g/mol. The van der Waals surface area contributed by atoms with Crippen LogP contribution in [0.15, 0.2) is 30.3 Å². The number of hydrogen-bond acceptors (Lipinski definition) is 5. The Bertz CT molecular complexity index is 754. The van der Waals surface area contributed by atoms with Gasteiger partial charge in [-0.15, -0.1) is 0 Å². The predicted octanol–water partition coefficient (Wildman–Crippen LogP) is 1.64. The van der Waals surface area contributed by atoms with Crippen molar-refractivity contribution in [3.05, 3.63) is 35.9 Å². The maximum atomic E-state index is 12.8. The van der Waals surface area contributed by atoms with E-state index in [1.54, 1.807) is 0 Å². The van der Waals surface area contributed by atoms with Crippen LogP contribution in [0.1, 0.15) is 18.4 Å². The van der Waals surface area contributed by atoms with E-state index in [1.165, 1.54) is 0 Å². The number of rotatable bonds is 12. The van der Waals surface area contributed by atoms with Gasteiger partial charge in [-0.1, -0.05) is 50.0 Å². The molecule has 2 atom stereocenters. The van der Waals surface area contributed by atoms with Crippen molar-refractivity contribution in [2.24, 2.45) is 5.73 Å². The van der Waals surface area contributed by atoms with E-state index in [2.05, 4.69) is 16.0 Å². The second-order valence-corrected chi connectivity index (χ2v) is 13.9. The van der Waals surface area contributed by atoms with Crippen molar-refractivity contribution in [3.8, 4) is 0 Å². The van der Waals surface area contributed by atoms with Gasteiger partial charge < -0.3 is 31.5 Å². The molecule has 0 aliphatic heterocycles. The first-order valence-corrected chi connectivity index (χ1v) is 13.7. The van der Waals surface area contributed by atoms with Gasteiger partial charge in [0.25, 0.3) is 0 Å². The van der Waals surface area contributed by atoms with Crippen LogP contribution in [0.5, 0.6) is 0 Å². The monoisotopic (exact) mass is 452 g/mol. The van der Waals surface area contributed by atoms with Crippen molar-refractivity contribution < 1.29 is 29.0 Å². The molecule has 6 N–H and O–H groups in total. The Balaban J connectivity index is 2.71. The molecule has 0 spiro atoms. The number of primary amides is 1. The average Bonchev–Trinajstić information content (AvgIpc) is 2.67. The maximum absolute atomic E-state index is 12.8. The fraction of sp³-hybridized carbons (Fsp3) is 0.500. The lowest BCUT2D eigenvalue weighted by atomic mass is 10.1. The van der Waals surface area contributed by atoms with E-state index in [0.29, 0.717) is 12.5 Å². The molecule has 0 radical (unpaired) electrons. The predicted molar refractivity (Wildman–Crippen MR) is 118 cm³/mol. The largest absolute Gasteiger partial charge is 0.480 e. The van der Waals surface area contributed by atoms with Crippen LogP contribution in [0.25, 0.3) is 0 Å². The normalized spacial score (nSPS) is 12.9. The van der Waals surface area contributed by atoms with E-state index in [9.17, 15) is 24.3 Å². The van der Waals surface area contributed by atoms with Gasteiger partial charge in [-0.05, 0) is 24.4 Å². The lowest BCUT2D eigenvalue weighted by molar-refractivity contribution is -0.142. The number of amides is 4. The number of nitrogens with two attached hydrogens (primary N) is 1. The van der Waals surface area contributed by atoms with E-state index in [4.69, 9.17) is 10.5 Å². The molecule has 31 heavy (non-hydrogen) atoms. The van der Waals surface area contributed by atoms with Crippen LogP contribution in [0.2, 0.25) is 25.7 Å². The van der Waals surface area contributed by atoms with Crippen LogP contribution in [0, 0.1) is 0 Å². The summed E-state index contributed by atoms with van der Waals surface area (Å²) < 4.78 is 5.19. The Kier molecular flexibility index (Phi) is 10.5. The molecule has 172 valence electrons. The summed E-state index contributed by atoms with van der Waals surface area (Å²) in [5.74, 6) is -1.79. The molecule has 0 bridgehead atoms. The molecule has 0 aliphatic rings. The van der Waals surface area contributed by atoms with Gasteiger partial charge in [0.2, 0.25) is 5.91 Å². The Morgan fingerprint density at radius 2 is 1.71 bits per heavy atom. The third-order valence-corrected chi connectivity index (χ3v) is 5.85. The van der Waals surface area contributed by atoms with Crippen molar-refractivity contribution in [3.63, 3.8) is 0 Å². The molecule has 10 nitrogen and oxygen atoms in total. The number of alkyl carbamates (subject to hydrolysis) is 1. The zero-order chi connectivity index (χ0) is 23.4. The van der Waals surface area contributed by atoms with E-state index in [0.717, 1.165) is 5.56 Å². The number of benzene rings is 1. The lowest BCUT2D eigenvalue weighted by Gasteiger charge is -2.26. The summed E-state index contributed by atoms with van der Waals surface area (Å²) >= 11 is 0. The zero-order valence-corrected chi connectivity index (χ0v) is 19.1. The number of urea groups is 1. The summed E-state index contributed by atoms with van der Waals surface area (Å²) in [4.78, 5) is 47.2. The van der Waals surface area contributed by atoms with Crippen LogP contribution < -0.4 is 21.7 Å². The highest BCUT2D eigenvalue weighted by Gasteiger charge is 2.30. The smallest absolute Gasteiger partial charge is 0.408 e. The fourth-order valence-electron chi connectivity index (χ4n) is 2.78. The molecule has 0 heterocycles. The number of carboxylic acids is 1. The van der Waals surface area contributed by atoms with Gasteiger partial charge in [0.15, 0.2) is 0 Å². The van der Waals surface area contributed by atoms with Crippen LogP contribution in [-0.2, 0) is 20.9 Å². The summed E-state index contributed by atoms with van der Waals surface area (Å²) in [6.07, 6.45) is -0.343. The van der Waals surface area contributed by atoms with Crippen LogP contribution in [0.4, 0.5) is 9.59 Å². The quantitative estimate of drug-likeness (QED) is 0.239. The number of carbonyl (C=O) groups is 4. The first kappa shape index (κ1) is 26.0.